The molecule has 1 N–H and O–H groups in total. The van der Waals surface area contributed by atoms with Crippen molar-refractivity contribution in [3.05, 3.63) is 58.9 Å². The molecule has 1 aromatic carbocycles. The number of nitriles is 1. The molecule has 4 nitrogen and oxygen atoms in total. The van der Waals surface area contributed by atoms with E-state index >= 15 is 0 Å². The van der Waals surface area contributed by atoms with Gasteiger partial charge in [0.2, 0.25) is 0 Å². The zero-order valence-electron chi connectivity index (χ0n) is 10.6. The average Bonchev–Trinajstić information content (AvgIpc) is 2.46. The Hall–Kier alpha value is -2.38. The third kappa shape index (κ3) is 3.09. The van der Waals surface area contributed by atoms with Gasteiger partial charge in [-0.25, -0.2) is 4.98 Å². The fraction of sp³-hybridized carbons (Fsp3) is 0.200. The van der Waals surface area contributed by atoms with Crippen LogP contribution in [0.25, 0.3) is 0 Å². The lowest BCUT2D eigenvalue weighted by Crippen LogP contribution is -2.02. The molecule has 0 saturated heterocycles. The highest BCUT2D eigenvalue weighted by molar-refractivity contribution is 5.37. The predicted octanol–water partition coefficient (Wildman–Crippen LogP) is 2.33. The van der Waals surface area contributed by atoms with E-state index in [1.807, 2.05) is 31.2 Å². The first-order valence-corrected chi connectivity index (χ1v) is 5.91. The first kappa shape index (κ1) is 13.1. The van der Waals surface area contributed by atoms with Crippen molar-refractivity contribution in [2.24, 2.45) is 0 Å². The van der Waals surface area contributed by atoms with Crippen LogP contribution >= 0.6 is 0 Å². The average molecular weight is 254 g/mol. The molecule has 0 spiro atoms. The molecular weight excluding hydrogens is 240 g/mol. The van der Waals surface area contributed by atoms with E-state index in [0.717, 1.165) is 16.7 Å². The summed E-state index contributed by atoms with van der Waals surface area (Å²) >= 11 is 0. The van der Waals surface area contributed by atoms with Crippen molar-refractivity contribution in [2.45, 2.75) is 20.1 Å². The van der Waals surface area contributed by atoms with Crippen molar-refractivity contribution in [1.29, 1.82) is 5.26 Å². The maximum absolute atomic E-state index is 9.30. The summed E-state index contributed by atoms with van der Waals surface area (Å²) in [5.74, 6) is 0.626. The van der Waals surface area contributed by atoms with Crippen LogP contribution in [-0.4, -0.2) is 10.1 Å². The molecule has 0 aliphatic heterocycles. The zero-order valence-corrected chi connectivity index (χ0v) is 10.6. The van der Waals surface area contributed by atoms with Gasteiger partial charge in [0.05, 0.1) is 6.61 Å². The molecule has 0 amide bonds. The molecule has 2 aromatic rings. The Morgan fingerprint density at radius 1 is 1.32 bits per heavy atom. The molecule has 1 aromatic heterocycles. The number of benzene rings is 1. The molecule has 96 valence electrons. The molecule has 2 rings (SSSR count). The van der Waals surface area contributed by atoms with Crippen LogP contribution in [-0.2, 0) is 13.2 Å². The summed E-state index contributed by atoms with van der Waals surface area (Å²) in [6, 6.07) is 11.2. The van der Waals surface area contributed by atoms with E-state index in [1.54, 1.807) is 18.3 Å². The van der Waals surface area contributed by atoms with Crippen LogP contribution in [0.5, 0.6) is 5.75 Å². The summed E-state index contributed by atoms with van der Waals surface area (Å²) < 4.78 is 5.66. The van der Waals surface area contributed by atoms with Crippen LogP contribution in [0.3, 0.4) is 0 Å². The predicted molar refractivity (Wildman–Crippen MR) is 70.4 cm³/mol. The quantitative estimate of drug-likeness (QED) is 0.909. The van der Waals surface area contributed by atoms with Gasteiger partial charge in [-0.3, -0.25) is 0 Å². The van der Waals surface area contributed by atoms with E-state index in [-0.39, 0.29) is 13.2 Å². The number of pyridine rings is 1. The normalized spacial score (nSPS) is 9.95. The molecule has 0 unspecified atom stereocenters. The Morgan fingerprint density at radius 3 is 2.89 bits per heavy atom. The standard InChI is InChI=1S/C15H14N2O2/c1-11-4-5-15(13(7-11)9-18)19-10-12-3-2-6-17-14(12)8-16/h2-7,18H,9-10H2,1H3. The van der Waals surface area contributed by atoms with Crippen LogP contribution in [0.2, 0.25) is 0 Å². The Bertz CT molecular complexity index is 618. The van der Waals surface area contributed by atoms with Gasteiger partial charge in [0.25, 0.3) is 0 Å². The van der Waals surface area contributed by atoms with Crippen molar-refractivity contribution < 1.29 is 9.84 Å². The van der Waals surface area contributed by atoms with E-state index in [2.05, 4.69) is 4.98 Å². The largest absolute Gasteiger partial charge is 0.488 e. The summed E-state index contributed by atoms with van der Waals surface area (Å²) in [5, 5.41) is 18.2. The molecule has 0 atom stereocenters. The maximum atomic E-state index is 9.30. The van der Waals surface area contributed by atoms with Crippen LogP contribution in [0.4, 0.5) is 0 Å². The Balaban J connectivity index is 2.17. The third-order valence-corrected chi connectivity index (χ3v) is 2.77. The Morgan fingerprint density at radius 2 is 2.16 bits per heavy atom. The number of aliphatic hydroxyl groups is 1. The topological polar surface area (TPSA) is 66.1 Å². The zero-order chi connectivity index (χ0) is 13.7. The number of aliphatic hydroxyl groups excluding tert-OH is 1. The summed E-state index contributed by atoms with van der Waals surface area (Å²) in [5.41, 5.74) is 2.90. The number of nitrogens with zero attached hydrogens (tertiary/aromatic N) is 2. The number of aryl methyl sites for hydroxylation is 1. The smallest absolute Gasteiger partial charge is 0.147 e. The van der Waals surface area contributed by atoms with Crippen molar-refractivity contribution >= 4 is 0 Å². The number of rotatable bonds is 4. The lowest BCUT2D eigenvalue weighted by atomic mass is 10.1. The number of hydrogen-bond donors (Lipinski definition) is 1. The van der Waals surface area contributed by atoms with E-state index in [1.165, 1.54) is 0 Å². The highest BCUT2D eigenvalue weighted by Crippen LogP contribution is 2.21. The van der Waals surface area contributed by atoms with Gasteiger partial charge in [-0.2, -0.15) is 5.26 Å². The Labute approximate surface area is 111 Å². The highest BCUT2D eigenvalue weighted by atomic mass is 16.5. The third-order valence-electron chi connectivity index (χ3n) is 2.77. The van der Waals surface area contributed by atoms with Crippen LogP contribution in [0.1, 0.15) is 22.4 Å². The van der Waals surface area contributed by atoms with Crippen LogP contribution in [0.15, 0.2) is 36.5 Å². The lowest BCUT2D eigenvalue weighted by molar-refractivity contribution is 0.258. The monoisotopic (exact) mass is 254 g/mol. The summed E-state index contributed by atoms with van der Waals surface area (Å²) in [4.78, 5) is 3.98. The van der Waals surface area contributed by atoms with E-state index in [4.69, 9.17) is 10.00 Å². The highest BCUT2D eigenvalue weighted by Gasteiger charge is 2.06. The second kappa shape index (κ2) is 5.98. The van der Waals surface area contributed by atoms with Gasteiger partial charge >= 0.3 is 0 Å². The van der Waals surface area contributed by atoms with Crippen molar-refractivity contribution in [1.82, 2.24) is 4.98 Å². The fourth-order valence-electron chi connectivity index (χ4n) is 1.78. The van der Waals surface area contributed by atoms with Crippen molar-refractivity contribution in [3.63, 3.8) is 0 Å². The van der Waals surface area contributed by atoms with E-state index < -0.39 is 0 Å². The second-order valence-electron chi connectivity index (χ2n) is 4.18. The van der Waals surface area contributed by atoms with Crippen LogP contribution in [0, 0.1) is 18.3 Å². The van der Waals surface area contributed by atoms with Gasteiger partial charge in [0.1, 0.15) is 24.1 Å². The van der Waals surface area contributed by atoms with Gasteiger partial charge in [-0.15, -0.1) is 0 Å². The fourth-order valence-corrected chi connectivity index (χ4v) is 1.78. The second-order valence-corrected chi connectivity index (χ2v) is 4.18. The number of hydrogen-bond acceptors (Lipinski definition) is 4. The minimum atomic E-state index is -0.0742. The van der Waals surface area contributed by atoms with Gasteiger partial charge in [-0.05, 0) is 19.1 Å². The molecule has 0 aliphatic carbocycles. The van der Waals surface area contributed by atoms with Crippen LogP contribution < -0.4 is 4.74 Å². The molecule has 0 bridgehead atoms. The summed E-state index contributed by atoms with van der Waals surface area (Å²) in [6.45, 7) is 2.14. The van der Waals surface area contributed by atoms with Crippen molar-refractivity contribution in [3.8, 4) is 11.8 Å². The molecule has 0 saturated carbocycles. The first-order valence-electron chi connectivity index (χ1n) is 5.91. The number of aromatic nitrogens is 1. The molecular formula is C15H14N2O2. The molecule has 19 heavy (non-hydrogen) atoms. The minimum Gasteiger partial charge on any atom is -0.488 e. The molecule has 0 fully saturated rings. The molecule has 0 aliphatic rings. The molecule has 0 radical (unpaired) electrons. The molecule has 1 heterocycles. The molecule has 4 heteroatoms. The minimum absolute atomic E-state index is 0.0742. The summed E-state index contributed by atoms with van der Waals surface area (Å²) in [6.07, 6.45) is 1.58. The SMILES string of the molecule is Cc1ccc(OCc2cccnc2C#N)c(CO)c1. The Kier molecular flexibility index (Phi) is 4.11. The van der Waals surface area contributed by atoms with Gasteiger partial charge in [-0.1, -0.05) is 23.8 Å². The summed E-state index contributed by atoms with van der Waals surface area (Å²) in [7, 11) is 0. The van der Waals surface area contributed by atoms with E-state index in [9.17, 15) is 5.11 Å². The first-order chi connectivity index (χ1) is 9.24. The van der Waals surface area contributed by atoms with Gasteiger partial charge in [0, 0.05) is 17.3 Å². The van der Waals surface area contributed by atoms with Crippen molar-refractivity contribution in [2.75, 3.05) is 0 Å². The lowest BCUT2D eigenvalue weighted by Gasteiger charge is -2.11. The van der Waals surface area contributed by atoms with Gasteiger partial charge in [0.15, 0.2) is 0 Å². The maximum Gasteiger partial charge on any atom is 0.147 e. The van der Waals surface area contributed by atoms with Gasteiger partial charge < -0.3 is 9.84 Å². The number of ether oxygens (including phenoxy) is 1. The van der Waals surface area contributed by atoms with E-state index in [0.29, 0.717) is 11.4 Å².